The highest BCUT2D eigenvalue weighted by Gasteiger charge is 2.54. The summed E-state index contributed by atoms with van der Waals surface area (Å²) in [6.45, 7) is 3.81. The summed E-state index contributed by atoms with van der Waals surface area (Å²) in [4.78, 5) is 25.3. The van der Waals surface area contributed by atoms with Gasteiger partial charge in [-0.15, -0.1) is 0 Å². The van der Waals surface area contributed by atoms with Gasteiger partial charge in [0.25, 0.3) is 0 Å². The second-order valence-corrected chi connectivity index (χ2v) is 8.77. The van der Waals surface area contributed by atoms with E-state index < -0.39 is 43.0 Å². The molecule has 0 bridgehead atoms. The molecule has 2 aromatic carbocycles. The van der Waals surface area contributed by atoms with Crippen LogP contribution in [0.5, 0.6) is 5.75 Å². The van der Waals surface area contributed by atoms with Gasteiger partial charge in [-0.25, -0.2) is 0 Å². The Kier molecular flexibility index (Phi) is 8.07. The third kappa shape index (κ3) is 5.71. The van der Waals surface area contributed by atoms with Crippen LogP contribution in [0.25, 0.3) is 0 Å². The van der Waals surface area contributed by atoms with Crippen LogP contribution in [0, 0.1) is 16.0 Å². The summed E-state index contributed by atoms with van der Waals surface area (Å²) in [6.07, 6.45) is 0.351. The fraction of sp³-hybridized carbons (Fsp3) is 0.435. The van der Waals surface area contributed by atoms with Crippen LogP contribution in [-0.2, 0) is 4.79 Å². The highest BCUT2D eigenvalue weighted by molar-refractivity contribution is 6.43. The number of nitro groups is 1. The van der Waals surface area contributed by atoms with Crippen LogP contribution in [0.3, 0.4) is 0 Å². The van der Waals surface area contributed by atoms with E-state index >= 15 is 0 Å². The van der Waals surface area contributed by atoms with Crippen molar-refractivity contribution in [2.24, 2.45) is 5.92 Å². The minimum atomic E-state index is -1.74. The fourth-order valence-corrected chi connectivity index (χ4v) is 4.50. The predicted molar refractivity (Wildman–Crippen MR) is 124 cm³/mol. The molecule has 1 amide bonds. The average Bonchev–Trinajstić information content (AvgIpc) is 3.20. The smallest absolute Gasteiger partial charge is 0.475 e. The number of ether oxygens (including phenoxy) is 1. The zero-order valence-electron chi connectivity index (χ0n) is 18.9. The van der Waals surface area contributed by atoms with Crippen LogP contribution in [0.1, 0.15) is 43.4 Å². The topological polar surface area (TPSA) is 134 Å². The summed E-state index contributed by atoms with van der Waals surface area (Å²) in [7, 11) is -0.212. The van der Waals surface area contributed by atoms with E-state index in [2.05, 4.69) is 10.6 Å². The number of amides is 1. The molecular weight excluding hydrogens is 425 g/mol. The lowest BCUT2D eigenvalue weighted by molar-refractivity contribution is -0.527. The zero-order valence-corrected chi connectivity index (χ0v) is 18.9. The van der Waals surface area contributed by atoms with E-state index in [1.54, 1.807) is 48.5 Å². The van der Waals surface area contributed by atoms with Gasteiger partial charge in [-0.1, -0.05) is 56.3 Å². The lowest BCUT2D eigenvalue weighted by Crippen LogP contribution is -2.53. The Morgan fingerprint density at radius 3 is 2.30 bits per heavy atom. The maximum absolute atomic E-state index is 13.4. The van der Waals surface area contributed by atoms with E-state index in [9.17, 15) is 25.0 Å². The molecule has 1 saturated heterocycles. The van der Waals surface area contributed by atoms with Crippen LogP contribution < -0.4 is 15.4 Å². The van der Waals surface area contributed by atoms with E-state index in [4.69, 9.17) is 4.74 Å². The molecule has 2 aromatic rings. The molecule has 33 heavy (non-hydrogen) atoms. The van der Waals surface area contributed by atoms with Gasteiger partial charge in [0.15, 0.2) is 0 Å². The molecule has 0 aromatic heterocycles. The van der Waals surface area contributed by atoms with Crippen molar-refractivity contribution in [2.75, 3.05) is 7.11 Å². The Hall–Kier alpha value is -2.95. The number of methoxy groups -OCH3 is 1. The molecule has 1 aliphatic rings. The normalized spacial score (nSPS) is 23.2. The van der Waals surface area contributed by atoms with Crippen molar-refractivity contribution in [3.63, 3.8) is 0 Å². The maximum atomic E-state index is 13.4. The molecule has 176 valence electrons. The minimum absolute atomic E-state index is 0.106. The van der Waals surface area contributed by atoms with Crippen molar-refractivity contribution in [1.29, 1.82) is 0 Å². The quantitative estimate of drug-likeness (QED) is 0.257. The molecule has 10 heteroatoms. The molecule has 0 radical (unpaired) electrons. The Labute approximate surface area is 193 Å². The number of rotatable bonds is 9. The first-order valence-corrected chi connectivity index (χ1v) is 11.0. The molecule has 1 fully saturated rings. The number of nitrogens with zero attached hydrogens (tertiary/aromatic N) is 1. The van der Waals surface area contributed by atoms with Gasteiger partial charge in [0.2, 0.25) is 11.9 Å². The van der Waals surface area contributed by atoms with Crippen molar-refractivity contribution in [3.8, 4) is 5.75 Å². The molecule has 9 nitrogen and oxygen atoms in total. The summed E-state index contributed by atoms with van der Waals surface area (Å²) < 4.78 is 5.20. The molecule has 3 rings (SSSR count). The molecule has 1 heterocycles. The molecule has 5 unspecified atom stereocenters. The third-order valence-corrected chi connectivity index (χ3v) is 6.03. The van der Waals surface area contributed by atoms with Crippen LogP contribution >= 0.6 is 0 Å². The summed E-state index contributed by atoms with van der Waals surface area (Å²) in [5.74, 6) is -1.48. The van der Waals surface area contributed by atoms with Gasteiger partial charge >= 0.3 is 7.12 Å². The van der Waals surface area contributed by atoms with E-state index in [0.29, 0.717) is 23.3 Å². The second kappa shape index (κ2) is 10.8. The molecular formula is C23H30BN3O6. The average molecular weight is 455 g/mol. The first kappa shape index (κ1) is 24.7. The van der Waals surface area contributed by atoms with Gasteiger partial charge in [-0.2, -0.15) is 0 Å². The largest absolute Gasteiger partial charge is 0.497 e. The Morgan fingerprint density at radius 1 is 1.15 bits per heavy atom. The molecule has 0 aliphatic carbocycles. The maximum Gasteiger partial charge on any atom is 0.475 e. The van der Waals surface area contributed by atoms with Crippen LogP contribution in [0.4, 0.5) is 0 Å². The summed E-state index contributed by atoms with van der Waals surface area (Å²) in [5, 5.41) is 37.6. The van der Waals surface area contributed by atoms with E-state index in [-0.39, 0.29) is 10.8 Å². The predicted octanol–water partition coefficient (Wildman–Crippen LogP) is 1.68. The molecule has 5 atom stereocenters. The summed E-state index contributed by atoms with van der Waals surface area (Å²) in [5.41, 5.74) is 1.32. The summed E-state index contributed by atoms with van der Waals surface area (Å²) in [6, 6.07) is 13.1. The van der Waals surface area contributed by atoms with Gasteiger partial charge in [0, 0.05) is 4.92 Å². The number of nitrogens with one attached hydrogen (secondary N) is 2. The number of benzene rings is 2. The standard InChI is InChI=1S/C23H30BN3O6/c1-14(2)13-18(24(29)30)25-23(28)21-19(15-9-11-17(33-3)12-10-15)22(27(31)32)20(26-21)16-7-5-4-6-8-16/h4-12,14,18-22,26,29-30H,13H2,1-3H3,(H,25,28). The monoisotopic (exact) mass is 455 g/mol. The highest BCUT2D eigenvalue weighted by Crippen LogP contribution is 2.40. The van der Waals surface area contributed by atoms with Gasteiger partial charge in [0.1, 0.15) is 17.8 Å². The zero-order chi connectivity index (χ0) is 24.1. The van der Waals surface area contributed by atoms with Crippen molar-refractivity contribution < 1.29 is 24.5 Å². The van der Waals surface area contributed by atoms with Crippen molar-refractivity contribution in [3.05, 3.63) is 75.8 Å². The SMILES string of the molecule is COc1ccc(C2C(C(=O)NC(CC(C)C)B(O)O)NC(c3ccccc3)C2[N+](=O)[O-])cc1. The lowest BCUT2D eigenvalue weighted by atomic mass is 9.74. The van der Waals surface area contributed by atoms with Gasteiger partial charge in [-0.05, 0) is 35.6 Å². The van der Waals surface area contributed by atoms with Gasteiger partial charge in [0.05, 0.1) is 19.0 Å². The van der Waals surface area contributed by atoms with Crippen LogP contribution in [0.2, 0.25) is 0 Å². The minimum Gasteiger partial charge on any atom is -0.497 e. The van der Waals surface area contributed by atoms with Crippen LogP contribution in [-0.4, -0.2) is 53.1 Å². The van der Waals surface area contributed by atoms with E-state index in [1.165, 1.54) is 7.11 Å². The molecule has 4 N–H and O–H groups in total. The Morgan fingerprint density at radius 2 is 1.79 bits per heavy atom. The van der Waals surface area contributed by atoms with Gasteiger partial charge in [-0.3, -0.25) is 20.2 Å². The number of carbonyl (C=O) groups is 1. The fourth-order valence-electron chi connectivity index (χ4n) is 4.50. The molecule has 0 spiro atoms. The number of hydrogen-bond acceptors (Lipinski definition) is 7. The van der Waals surface area contributed by atoms with Gasteiger partial charge < -0.3 is 20.1 Å². The molecule has 1 aliphatic heterocycles. The highest BCUT2D eigenvalue weighted by atomic mass is 16.6. The third-order valence-electron chi connectivity index (χ3n) is 6.03. The first-order chi connectivity index (χ1) is 15.7. The first-order valence-electron chi connectivity index (χ1n) is 11.0. The van der Waals surface area contributed by atoms with Crippen molar-refractivity contribution >= 4 is 13.0 Å². The van der Waals surface area contributed by atoms with E-state index in [0.717, 1.165) is 0 Å². The van der Waals surface area contributed by atoms with Crippen molar-refractivity contribution in [1.82, 2.24) is 10.6 Å². The van der Waals surface area contributed by atoms with E-state index in [1.807, 2.05) is 19.9 Å². The Bertz CT molecular complexity index is 941. The number of carbonyl (C=O) groups excluding carboxylic acids is 1. The molecule has 0 saturated carbocycles. The second-order valence-electron chi connectivity index (χ2n) is 8.77. The van der Waals surface area contributed by atoms with Crippen LogP contribution in [0.15, 0.2) is 54.6 Å². The Balaban J connectivity index is 2.00. The van der Waals surface area contributed by atoms with Crippen molar-refractivity contribution in [2.45, 2.75) is 50.3 Å². The summed E-state index contributed by atoms with van der Waals surface area (Å²) >= 11 is 0. The lowest BCUT2D eigenvalue weighted by Gasteiger charge is -2.24. The number of hydrogen-bond donors (Lipinski definition) is 4.